The summed E-state index contributed by atoms with van der Waals surface area (Å²) in [6.45, 7) is 4.69. The van der Waals surface area contributed by atoms with Gasteiger partial charge in [0.1, 0.15) is 11.5 Å². The van der Waals surface area contributed by atoms with Crippen LogP contribution in [0.4, 0.5) is 4.39 Å². The van der Waals surface area contributed by atoms with E-state index in [1.165, 1.54) is 24.0 Å². The molecule has 0 bridgehead atoms. The van der Waals surface area contributed by atoms with Gasteiger partial charge in [0.15, 0.2) is 9.84 Å². The fraction of sp³-hybridized carbons (Fsp3) is 0.192. The fourth-order valence-electron chi connectivity index (χ4n) is 3.34. The van der Waals surface area contributed by atoms with Gasteiger partial charge in [0.2, 0.25) is 0 Å². The highest BCUT2D eigenvalue weighted by Gasteiger charge is 2.15. The van der Waals surface area contributed by atoms with Crippen LogP contribution in [-0.2, 0) is 22.8 Å². The van der Waals surface area contributed by atoms with Crippen LogP contribution in [-0.4, -0.2) is 24.5 Å². The van der Waals surface area contributed by atoms with Gasteiger partial charge in [-0.25, -0.2) is 12.8 Å². The zero-order chi connectivity index (χ0) is 23.1. The van der Waals surface area contributed by atoms with Crippen LogP contribution in [0.15, 0.2) is 90.0 Å². The van der Waals surface area contributed by atoms with E-state index in [2.05, 4.69) is 12.1 Å². The summed E-state index contributed by atoms with van der Waals surface area (Å²) in [6, 6.07) is 23.1. The third kappa shape index (κ3) is 5.71. The van der Waals surface area contributed by atoms with Crippen LogP contribution >= 0.6 is 0 Å². The van der Waals surface area contributed by atoms with Crippen molar-refractivity contribution >= 4 is 9.84 Å². The normalized spacial score (nSPS) is 11.0. The SMILES string of the molecule is CC.CS(=O)(=O)c1ccc(-c2nn(CCc3ccccc3)cc2-c2ccc(F)cc2)cc1. The van der Waals surface area contributed by atoms with Crippen LogP contribution < -0.4 is 0 Å². The average Bonchev–Trinajstić information content (AvgIpc) is 3.24. The number of hydrogen-bond acceptors (Lipinski definition) is 3. The molecule has 0 radical (unpaired) electrons. The first-order valence-corrected chi connectivity index (χ1v) is 12.5. The molecule has 0 saturated heterocycles. The smallest absolute Gasteiger partial charge is 0.175 e. The maximum absolute atomic E-state index is 13.4. The number of benzene rings is 3. The molecule has 0 unspecified atom stereocenters. The van der Waals surface area contributed by atoms with Crippen molar-refractivity contribution in [3.05, 3.63) is 96.4 Å². The van der Waals surface area contributed by atoms with Crippen molar-refractivity contribution in [1.82, 2.24) is 9.78 Å². The first-order chi connectivity index (χ1) is 15.4. The van der Waals surface area contributed by atoms with E-state index < -0.39 is 9.84 Å². The fourth-order valence-corrected chi connectivity index (χ4v) is 3.97. The van der Waals surface area contributed by atoms with E-state index in [-0.39, 0.29) is 10.7 Å². The summed E-state index contributed by atoms with van der Waals surface area (Å²) in [6.07, 6.45) is 3.97. The molecule has 0 fully saturated rings. The number of aromatic nitrogens is 2. The number of hydrogen-bond donors (Lipinski definition) is 0. The highest BCUT2D eigenvalue weighted by molar-refractivity contribution is 7.90. The van der Waals surface area contributed by atoms with Gasteiger partial charge >= 0.3 is 0 Å². The van der Waals surface area contributed by atoms with Crippen molar-refractivity contribution in [3.8, 4) is 22.4 Å². The Labute approximate surface area is 189 Å². The lowest BCUT2D eigenvalue weighted by Gasteiger charge is -2.04. The number of rotatable bonds is 6. The highest BCUT2D eigenvalue weighted by Crippen LogP contribution is 2.32. The summed E-state index contributed by atoms with van der Waals surface area (Å²) < 4.78 is 38.8. The molecular weight excluding hydrogens is 423 g/mol. The van der Waals surface area contributed by atoms with Gasteiger partial charge in [-0.05, 0) is 41.8 Å². The van der Waals surface area contributed by atoms with Crippen molar-refractivity contribution in [1.29, 1.82) is 0 Å². The summed E-state index contributed by atoms with van der Waals surface area (Å²) in [5.74, 6) is -0.297. The predicted molar refractivity (Wildman–Crippen MR) is 128 cm³/mol. The maximum atomic E-state index is 13.4. The molecule has 0 aliphatic rings. The van der Waals surface area contributed by atoms with E-state index in [1.807, 2.05) is 42.9 Å². The van der Waals surface area contributed by atoms with Crippen LogP contribution in [0.25, 0.3) is 22.4 Å². The summed E-state index contributed by atoms with van der Waals surface area (Å²) in [5.41, 5.74) is 4.48. The topological polar surface area (TPSA) is 52.0 Å². The minimum atomic E-state index is -3.27. The molecule has 3 aromatic carbocycles. The number of sulfone groups is 1. The number of aryl methyl sites for hydroxylation is 2. The van der Waals surface area contributed by atoms with Gasteiger partial charge < -0.3 is 0 Å². The zero-order valence-corrected chi connectivity index (χ0v) is 19.3. The Balaban J connectivity index is 0.00000141. The summed E-state index contributed by atoms with van der Waals surface area (Å²) in [7, 11) is -3.27. The molecule has 0 spiro atoms. The van der Waals surface area contributed by atoms with E-state index >= 15 is 0 Å². The van der Waals surface area contributed by atoms with Gasteiger partial charge in [0.05, 0.1) is 4.90 Å². The minimum Gasteiger partial charge on any atom is -0.271 e. The van der Waals surface area contributed by atoms with Crippen molar-refractivity contribution < 1.29 is 12.8 Å². The van der Waals surface area contributed by atoms with Gasteiger partial charge in [-0.2, -0.15) is 5.10 Å². The van der Waals surface area contributed by atoms with Crippen LogP contribution in [0.1, 0.15) is 19.4 Å². The first-order valence-electron chi connectivity index (χ1n) is 10.6. The molecule has 4 nitrogen and oxygen atoms in total. The second kappa shape index (κ2) is 10.4. The Kier molecular flexibility index (Phi) is 7.59. The Morgan fingerprint density at radius 1 is 0.844 bits per heavy atom. The second-order valence-electron chi connectivity index (χ2n) is 7.19. The average molecular weight is 451 g/mol. The second-order valence-corrected chi connectivity index (χ2v) is 9.21. The van der Waals surface area contributed by atoms with Crippen molar-refractivity contribution in [2.45, 2.75) is 31.7 Å². The molecule has 0 N–H and O–H groups in total. The van der Waals surface area contributed by atoms with Crippen molar-refractivity contribution in [2.24, 2.45) is 0 Å². The van der Waals surface area contributed by atoms with Crippen molar-refractivity contribution in [3.63, 3.8) is 0 Å². The predicted octanol–water partition coefficient (Wildman–Crippen LogP) is 6.03. The lowest BCUT2D eigenvalue weighted by molar-refractivity contribution is 0.602. The third-order valence-corrected chi connectivity index (χ3v) is 6.07. The number of halogens is 1. The molecule has 6 heteroatoms. The van der Waals surface area contributed by atoms with Gasteiger partial charge in [-0.1, -0.05) is 68.4 Å². The monoisotopic (exact) mass is 450 g/mol. The summed E-state index contributed by atoms with van der Waals surface area (Å²) in [4.78, 5) is 0.262. The molecule has 166 valence electrons. The molecular formula is C26H27FN2O2S. The molecule has 0 saturated carbocycles. The van der Waals surface area contributed by atoms with Crippen LogP contribution in [0.3, 0.4) is 0 Å². The van der Waals surface area contributed by atoms with E-state index in [0.717, 1.165) is 28.8 Å². The van der Waals surface area contributed by atoms with Crippen LogP contribution in [0.2, 0.25) is 0 Å². The van der Waals surface area contributed by atoms with Crippen LogP contribution in [0.5, 0.6) is 0 Å². The highest BCUT2D eigenvalue weighted by atomic mass is 32.2. The van der Waals surface area contributed by atoms with Crippen molar-refractivity contribution in [2.75, 3.05) is 6.26 Å². The van der Waals surface area contributed by atoms with E-state index in [4.69, 9.17) is 5.10 Å². The largest absolute Gasteiger partial charge is 0.271 e. The lowest BCUT2D eigenvalue weighted by Crippen LogP contribution is -2.02. The molecule has 1 aromatic heterocycles. The van der Waals surface area contributed by atoms with Gasteiger partial charge in [-0.3, -0.25) is 4.68 Å². The lowest BCUT2D eigenvalue weighted by atomic mass is 10.0. The Hall–Kier alpha value is -3.25. The zero-order valence-electron chi connectivity index (χ0n) is 18.5. The van der Waals surface area contributed by atoms with Gasteiger partial charge in [0.25, 0.3) is 0 Å². The molecule has 4 aromatic rings. The van der Waals surface area contributed by atoms with Gasteiger partial charge in [-0.15, -0.1) is 0 Å². The Bertz CT molecular complexity index is 1250. The molecule has 4 rings (SSSR count). The quantitative estimate of drug-likeness (QED) is 0.360. The minimum absolute atomic E-state index is 0.262. The molecule has 32 heavy (non-hydrogen) atoms. The number of nitrogens with zero attached hydrogens (tertiary/aromatic N) is 2. The molecule has 0 aliphatic carbocycles. The van der Waals surface area contributed by atoms with E-state index in [1.54, 1.807) is 36.4 Å². The molecule has 1 heterocycles. The standard InChI is InChI=1S/C24H21FN2O2S.C2H6/c1-30(28,29)22-13-9-20(10-14-22)24-23(19-7-11-21(25)12-8-19)17-27(26-24)16-15-18-5-3-2-4-6-18;1-2/h2-14,17H,15-16H2,1H3;1-2H3. The third-order valence-electron chi connectivity index (χ3n) is 4.95. The Morgan fingerprint density at radius 2 is 1.44 bits per heavy atom. The first kappa shape index (κ1) is 23.4. The summed E-state index contributed by atoms with van der Waals surface area (Å²) in [5, 5.41) is 4.76. The maximum Gasteiger partial charge on any atom is 0.175 e. The molecule has 0 atom stereocenters. The molecule has 0 amide bonds. The summed E-state index contributed by atoms with van der Waals surface area (Å²) >= 11 is 0. The van der Waals surface area contributed by atoms with E-state index in [9.17, 15) is 12.8 Å². The van der Waals surface area contributed by atoms with Gasteiger partial charge in [0, 0.05) is 30.1 Å². The molecule has 0 aliphatic heterocycles. The van der Waals surface area contributed by atoms with E-state index in [0.29, 0.717) is 6.54 Å². The Morgan fingerprint density at radius 3 is 2.03 bits per heavy atom. The van der Waals surface area contributed by atoms with Crippen LogP contribution in [0, 0.1) is 5.82 Å².